The molecule has 5 heteroatoms. The third kappa shape index (κ3) is 4.89. The van der Waals surface area contributed by atoms with Crippen LogP contribution in [0.3, 0.4) is 0 Å². The standard InChI is InChI=1S/C22H26ClN3O/c1-22(2,3)21(27)24-14-6-9-20-25-18-7-4-5-8-19(18)26(20)15-16-10-12-17(23)13-11-16/h4-5,7-8,10-13H,6,9,14-15H2,1-3H3,(H,24,27). The number of para-hydroxylation sites is 2. The van der Waals surface area contributed by atoms with Crippen LogP contribution in [0.25, 0.3) is 11.0 Å². The Morgan fingerprint density at radius 3 is 2.52 bits per heavy atom. The van der Waals surface area contributed by atoms with Crippen molar-refractivity contribution in [1.82, 2.24) is 14.9 Å². The maximum atomic E-state index is 12.0. The number of nitrogens with zero attached hydrogens (tertiary/aromatic N) is 2. The van der Waals surface area contributed by atoms with Crippen LogP contribution < -0.4 is 5.32 Å². The van der Waals surface area contributed by atoms with E-state index < -0.39 is 0 Å². The van der Waals surface area contributed by atoms with Gasteiger partial charge in [-0.05, 0) is 36.2 Å². The number of hydrogen-bond donors (Lipinski definition) is 1. The summed E-state index contributed by atoms with van der Waals surface area (Å²) in [4.78, 5) is 16.8. The molecule has 2 aromatic carbocycles. The molecule has 142 valence electrons. The number of amides is 1. The van der Waals surface area contributed by atoms with Crippen LogP contribution in [0.1, 0.15) is 38.6 Å². The highest BCUT2D eigenvalue weighted by molar-refractivity contribution is 6.30. The Morgan fingerprint density at radius 1 is 1.11 bits per heavy atom. The van der Waals surface area contributed by atoms with Gasteiger partial charge in [0.05, 0.1) is 11.0 Å². The summed E-state index contributed by atoms with van der Waals surface area (Å²) in [6.45, 7) is 7.18. The molecule has 1 aromatic heterocycles. The molecule has 0 saturated heterocycles. The summed E-state index contributed by atoms with van der Waals surface area (Å²) < 4.78 is 2.25. The minimum Gasteiger partial charge on any atom is -0.356 e. The lowest BCUT2D eigenvalue weighted by molar-refractivity contribution is -0.128. The molecule has 3 aromatic rings. The Balaban J connectivity index is 1.74. The van der Waals surface area contributed by atoms with Gasteiger partial charge in [-0.25, -0.2) is 4.98 Å². The third-order valence-electron chi connectivity index (χ3n) is 4.53. The summed E-state index contributed by atoms with van der Waals surface area (Å²) in [5, 5.41) is 3.75. The Hall–Kier alpha value is -2.33. The molecular weight excluding hydrogens is 358 g/mol. The van der Waals surface area contributed by atoms with Crippen LogP contribution in [0.15, 0.2) is 48.5 Å². The third-order valence-corrected chi connectivity index (χ3v) is 4.78. The van der Waals surface area contributed by atoms with Crippen LogP contribution in [-0.4, -0.2) is 22.0 Å². The zero-order valence-corrected chi connectivity index (χ0v) is 16.9. The Bertz CT molecular complexity index is 923. The number of hydrogen-bond acceptors (Lipinski definition) is 2. The molecular formula is C22H26ClN3O. The van der Waals surface area contributed by atoms with Gasteiger partial charge in [-0.15, -0.1) is 0 Å². The largest absolute Gasteiger partial charge is 0.356 e. The number of benzene rings is 2. The molecule has 0 aliphatic carbocycles. The molecule has 3 rings (SSSR count). The number of aromatic nitrogens is 2. The smallest absolute Gasteiger partial charge is 0.225 e. The minimum atomic E-state index is -0.359. The fraction of sp³-hybridized carbons (Fsp3) is 0.364. The summed E-state index contributed by atoms with van der Waals surface area (Å²) in [5.74, 6) is 1.12. The average molecular weight is 384 g/mol. The van der Waals surface area contributed by atoms with E-state index in [0.29, 0.717) is 6.54 Å². The van der Waals surface area contributed by atoms with Crippen molar-refractivity contribution in [1.29, 1.82) is 0 Å². The van der Waals surface area contributed by atoms with E-state index in [0.717, 1.165) is 41.3 Å². The van der Waals surface area contributed by atoms with Crippen molar-refractivity contribution in [2.45, 2.75) is 40.2 Å². The predicted octanol–water partition coefficient (Wildman–Crippen LogP) is 4.83. The van der Waals surface area contributed by atoms with Gasteiger partial charge >= 0.3 is 0 Å². The lowest BCUT2D eigenvalue weighted by Gasteiger charge is -2.17. The summed E-state index contributed by atoms with van der Waals surface area (Å²) in [5.41, 5.74) is 2.95. The highest BCUT2D eigenvalue weighted by atomic mass is 35.5. The van der Waals surface area contributed by atoms with Crippen LogP contribution in [-0.2, 0) is 17.8 Å². The fourth-order valence-corrected chi connectivity index (χ4v) is 3.10. The fourth-order valence-electron chi connectivity index (χ4n) is 2.98. The summed E-state index contributed by atoms with van der Waals surface area (Å²) >= 11 is 6.01. The topological polar surface area (TPSA) is 46.9 Å². The second-order valence-corrected chi connectivity index (χ2v) is 8.28. The lowest BCUT2D eigenvalue weighted by Crippen LogP contribution is -2.35. The number of carbonyl (C=O) groups is 1. The van der Waals surface area contributed by atoms with Crippen LogP contribution >= 0.6 is 11.6 Å². The van der Waals surface area contributed by atoms with Crippen LogP contribution in [0, 0.1) is 5.41 Å². The Kier molecular flexibility index (Phi) is 5.85. The lowest BCUT2D eigenvalue weighted by atomic mass is 9.96. The van der Waals surface area contributed by atoms with Crippen molar-refractivity contribution >= 4 is 28.5 Å². The Labute approximate surface area is 165 Å². The number of aryl methyl sites for hydroxylation is 1. The first-order valence-electron chi connectivity index (χ1n) is 9.31. The van der Waals surface area contributed by atoms with Gasteiger partial charge in [0.25, 0.3) is 0 Å². The summed E-state index contributed by atoms with van der Waals surface area (Å²) in [6, 6.07) is 16.1. The molecule has 1 heterocycles. The molecule has 0 atom stereocenters. The van der Waals surface area contributed by atoms with Gasteiger partial charge in [0, 0.05) is 29.9 Å². The average Bonchev–Trinajstić information content (AvgIpc) is 2.97. The maximum absolute atomic E-state index is 12.0. The second-order valence-electron chi connectivity index (χ2n) is 7.84. The highest BCUT2D eigenvalue weighted by Gasteiger charge is 2.20. The van der Waals surface area contributed by atoms with Gasteiger partial charge < -0.3 is 9.88 Å². The van der Waals surface area contributed by atoms with Gasteiger partial charge in [-0.3, -0.25) is 4.79 Å². The molecule has 0 fully saturated rings. The molecule has 1 amide bonds. The van der Waals surface area contributed by atoms with Crippen molar-refractivity contribution in [3.63, 3.8) is 0 Å². The van der Waals surface area contributed by atoms with Gasteiger partial charge in [0.1, 0.15) is 5.82 Å². The molecule has 0 bridgehead atoms. The quantitative estimate of drug-likeness (QED) is 0.619. The van der Waals surface area contributed by atoms with E-state index in [1.165, 1.54) is 5.56 Å². The van der Waals surface area contributed by atoms with Gasteiger partial charge in [-0.1, -0.05) is 56.6 Å². The number of carbonyl (C=O) groups excluding carboxylic acids is 1. The highest BCUT2D eigenvalue weighted by Crippen LogP contribution is 2.20. The van der Waals surface area contributed by atoms with Gasteiger partial charge in [-0.2, -0.15) is 0 Å². The molecule has 1 N–H and O–H groups in total. The second kappa shape index (κ2) is 8.13. The molecule has 0 saturated carbocycles. The first kappa shape index (κ1) is 19.4. The van der Waals surface area contributed by atoms with E-state index in [9.17, 15) is 4.79 Å². The zero-order valence-electron chi connectivity index (χ0n) is 16.1. The SMILES string of the molecule is CC(C)(C)C(=O)NCCCc1nc2ccccc2n1Cc1ccc(Cl)cc1. The molecule has 4 nitrogen and oxygen atoms in total. The molecule has 0 aliphatic rings. The first-order valence-corrected chi connectivity index (χ1v) is 9.69. The van der Waals surface area contributed by atoms with Crippen molar-refractivity contribution in [2.75, 3.05) is 6.54 Å². The van der Waals surface area contributed by atoms with Gasteiger partial charge in [0.2, 0.25) is 5.91 Å². The van der Waals surface area contributed by atoms with E-state index in [4.69, 9.17) is 16.6 Å². The van der Waals surface area contributed by atoms with Crippen LogP contribution in [0.4, 0.5) is 0 Å². The van der Waals surface area contributed by atoms with E-state index in [-0.39, 0.29) is 11.3 Å². The predicted molar refractivity (Wildman–Crippen MR) is 111 cm³/mol. The van der Waals surface area contributed by atoms with E-state index in [2.05, 4.69) is 16.0 Å². The van der Waals surface area contributed by atoms with E-state index in [1.54, 1.807) is 0 Å². The molecule has 0 radical (unpaired) electrons. The van der Waals surface area contributed by atoms with E-state index >= 15 is 0 Å². The number of nitrogens with one attached hydrogen (secondary N) is 1. The number of imidazole rings is 1. The number of halogens is 1. The van der Waals surface area contributed by atoms with Crippen molar-refractivity contribution in [3.05, 3.63) is 64.9 Å². The normalized spacial score (nSPS) is 11.7. The zero-order chi connectivity index (χ0) is 19.4. The Morgan fingerprint density at radius 2 is 1.81 bits per heavy atom. The van der Waals surface area contributed by atoms with Gasteiger partial charge in [0.15, 0.2) is 0 Å². The molecule has 0 unspecified atom stereocenters. The summed E-state index contributed by atoms with van der Waals surface area (Å²) in [7, 11) is 0. The number of fused-ring (bicyclic) bond motifs is 1. The monoisotopic (exact) mass is 383 g/mol. The first-order chi connectivity index (χ1) is 12.8. The van der Waals surface area contributed by atoms with Crippen molar-refractivity contribution in [3.8, 4) is 0 Å². The van der Waals surface area contributed by atoms with Crippen LogP contribution in [0.2, 0.25) is 5.02 Å². The van der Waals surface area contributed by atoms with Crippen molar-refractivity contribution < 1.29 is 4.79 Å². The molecule has 0 aliphatic heterocycles. The van der Waals surface area contributed by atoms with Crippen LogP contribution in [0.5, 0.6) is 0 Å². The maximum Gasteiger partial charge on any atom is 0.225 e. The summed E-state index contributed by atoms with van der Waals surface area (Å²) in [6.07, 6.45) is 1.67. The molecule has 27 heavy (non-hydrogen) atoms. The number of rotatable bonds is 6. The minimum absolute atomic E-state index is 0.0807. The molecule has 0 spiro atoms. The van der Waals surface area contributed by atoms with E-state index in [1.807, 2.05) is 63.2 Å². The van der Waals surface area contributed by atoms with Crippen molar-refractivity contribution in [2.24, 2.45) is 5.41 Å².